The predicted octanol–water partition coefficient (Wildman–Crippen LogP) is 4.71. The molecular weight excluding hydrogens is 292 g/mol. The van der Waals surface area contributed by atoms with E-state index in [1.54, 1.807) is 6.07 Å². The summed E-state index contributed by atoms with van der Waals surface area (Å²) < 4.78 is 5.15. The first-order valence-electron chi connectivity index (χ1n) is 8.69. The number of aryl methyl sites for hydroxylation is 1. The highest BCUT2D eigenvalue weighted by molar-refractivity contribution is 5.73. The Kier molecular flexibility index (Phi) is 9.18. The van der Waals surface area contributed by atoms with Crippen molar-refractivity contribution < 1.29 is 19.7 Å². The van der Waals surface area contributed by atoms with E-state index >= 15 is 0 Å². The van der Waals surface area contributed by atoms with Crippen LogP contribution in [-0.4, -0.2) is 23.3 Å². The molecule has 1 aromatic rings. The van der Waals surface area contributed by atoms with E-state index in [0.29, 0.717) is 11.3 Å². The van der Waals surface area contributed by atoms with E-state index < -0.39 is 5.97 Å². The Balaban J connectivity index is 2.46. The zero-order chi connectivity index (χ0) is 17.1. The zero-order valence-electron chi connectivity index (χ0n) is 14.4. The molecule has 0 aliphatic heterocycles. The fourth-order valence-corrected chi connectivity index (χ4v) is 2.83. The quantitative estimate of drug-likeness (QED) is 0.547. The van der Waals surface area contributed by atoms with Gasteiger partial charge in [0.15, 0.2) is 0 Å². The van der Waals surface area contributed by atoms with E-state index in [-0.39, 0.29) is 12.2 Å². The molecule has 0 saturated carbocycles. The van der Waals surface area contributed by atoms with Crippen LogP contribution in [0.2, 0.25) is 0 Å². The number of ether oxygens (including phenoxy) is 1. The van der Waals surface area contributed by atoms with E-state index in [2.05, 4.69) is 6.92 Å². The largest absolute Gasteiger partial charge is 0.507 e. The van der Waals surface area contributed by atoms with Crippen LogP contribution in [0.4, 0.5) is 0 Å². The molecule has 0 aliphatic carbocycles. The summed E-state index contributed by atoms with van der Waals surface area (Å²) in [6.07, 6.45) is 10.4. The maximum absolute atomic E-state index is 10.9. The molecule has 0 atom stereocenters. The van der Waals surface area contributed by atoms with Gasteiger partial charge in [0.25, 0.3) is 0 Å². The summed E-state index contributed by atoms with van der Waals surface area (Å²) in [4.78, 5) is 10.9. The molecule has 23 heavy (non-hydrogen) atoms. The van der Waals surface area contributed by atoms with E-state index in [0.717, 1.165) is 24.8 Å². The van der Waals surface area contributed by atoms with Gasteiger partial charge in [0, 0.05) is 5.56 Å². The average Bonchev–Trinajstić information content (AvgIpc) is 2.53. The van der Waals surface area contributed by atoms with Crippen LogP contribution in [0.5, 0.6) is 11.5 Å². The van der Waals surface area contributed by atoms with Crippen molar-refractivity contribution in [2.45, 2.75) is 71.1 Å². The molecule has 2 N–H and O–H groups in total. The Morgan fingerprint density at radius 2 is 1.65 bits per heavy atom. The second-order valence-electron chi connectivity index (χ2n) is 6.05. The Morgan fingerprint density at radius 1 is 1.04 bits per heavy atom. The summed E-state index contributed by atoms with van der Waals surface area (Å²) in [5.74, 6) is -0.456. The van der Waals surface area contributed by atoms with Gasteiger partial charge in [-0.25, -0.2) is 0 Å². The summed E-state index contributed by atoms with van der Waals surface area (Å²) in [5.41, 5.74) is 1.19. The average molecular weight is 322 g/mol. The second-order valence-corrected chi connectivity index (χ2v) is 6.05. The molecular formula is C19H30O4. The fourth-order valence-electron chi connectivity index (χ4n) is 2.83. The van der Waals surface area contributed by atoms with Crippen LogP contribution in [-0.2, 0) is 17.6 Å². The van der Waals surface area contributed by atoms with Gasteiger partial charge in [-0.05, 0) is 24.5 Å². The predicted molar refractivity (Wildman–Crippen MR) is 92.3 cm³/mol. The molecule has 130 valence electrons. The molecule has 1 rings (SSSR count). The van der Waals surface area contributed by atoms with Gasteiger partial charge in [0.1, 0.15) is 11.5 Å². The van der Waals surface area contributed by atoms with Gasteiger partial charge >= 0.3 is 5.97 Å². The second kappa shape index (κ2) is 10.9. The number of carboxylic acid groups (broad SMARTS) is 1. The maximum Gasteiger partial charge on any atom is 0.308 e. The third-order valence-corrected chi connectivity index (χ3v) is 4.17. The first-order chi connectivity index (χ1) is 11.1. The molecule has 0 radical (unpaired) electrons. The molecule has 4 heteroatoms. The summed E-state index contributed by atoms with van der Waals surface area (Å²) in [7, 11) is 1.48. The summed E-state index contributed by atoms with van der Waals surface area (Å²) in [6, 6.07) is 3.58. The van der Waals surface area contributed by atoms with Crippen LogP contribution in [0, 0.1) is 0 Å². The van der Waals surface area contributed by atoms with Crippen LogP contribution < -0.4 is 4.74 Å². The zero-order valence-corrected chi connectivity index (χ0v) is 14.4. The van der Waals surface area contributed by atoms with Crippen molar-refractivity contribution in [3.8, 4) is 11.5 Å². The number of phenolic OH excluding ortho intramolecular Hbond substituents is 1. The number of rotatable bonds is 12. The lowest BCUT2D eigenvalue weighted by Crippen LogP contribution is -2.04. The first kappa shape index (κ1) is 19.3. The molecule has 0 fully saturated rings. The van der Waals surface area contributed by atoms with Gasteiger partial charge in [-0.2, -0.15) is 0 Å². The van der Waals surface area contributed by atoms with Gasteiger partial charge in [0.2, 0.25) is 0 Å². The topological polar surface area (TPSA) is 66.8 Å². The lowest BCUT2D eigenvalue weighted by atomic mass is 9.99. The number of carboxylic acids is 1. The highest BCUT2D eigenvalue weighted by atomic mass is 16.5. The minimum Gasteiger partial charge on any atom is -0.507 e. The van der Waals surface area contributed by atoms with E-state index in [1.165, 1.54) is 45.6 Å². The lowest BCUT2D eigenvalue weighted by Gasteiger charge is -2.13. The van der Waals surface area contributed by atoms with Crippen molar-refractivity contribution in [1.29, 1.82) is 0 Å². The number of phenols is 1. The van der Waals surface area contributed by atoms with Crippen LogP contribution >= 0.6 is 0 Å². The van der Waals surface area contributed by atoms with Crippen LogP contribution in [0.15, 0.2) is 12.1 Å². The highest BCUT2D eigenvalue weighted by Crippen LogP contribution is 2.32. The molecule has 0 aromatic heterocycles. The van der Waals surface area contributed by atoms with E-state index in [1.807, 2.05) is 6.07 Å². The number of unbranched alkanes of at least 4 members (excludes halogenated alkanes) is 7. The lowest BCUT2D eigenvalue weighted by molar-refractivity contribution is -0.136. The van der Waals surface area contributed by atoms with E-state index in [9.17, 15) is 9.90 Å². The maximum atomic E-state index is 10.9. The van der Waals surface area contributed by atoms with E-state index in [4.69, 9.17) is 9.84 Å². The molecule has 0 spiro atoms. The van der Waals surface area contributed by atoms with Gasteiger partial charge in [-0.1, -0.05) is 57.9 Å². The van der Waals surface area contributed by atoms with Gasteiger partial charge in [0.05, 0.1) is 13.5 Å². The number of hydrogen-bond acceptors (Lipinski definition) is 3. The SMILES string of the molecule is CCCCCCCCCCc1ccc(OC)c(CC(=O)O)c1O. The molecule has 0 unspecified atom stereocenters. The summed E-state index contributed by atoms with van der Waals surface area (Å²) in [6.45, 7) is 2.22. The number of aliphatic carboxylic acids is 1. The van der Waals surface area contributed by atoms with Crippen molar-refractivity contribution in [1.82, 2.24) is 0 Å². The molecule has 4 nitrogen and oxygen atoms in total. The number of carbonyl (C=O) groups is 1. The monoisotopic (exact) mass is 322 g/mol. The summed E-state index contributed by atoms with van der Waals surface area (Å²) >= 11 is 0. The van der Waals surface area contributed by atoms with Gasteiger partial charge < -0.3 is 14.9 Å². The van der Waals surface area contributed by atoms with Crippen LogP contribution in [0.1, 0.15) is 69.4 Å². The van der Waals surface area contributed by atoms with Gasteiger partial charge in [-0.15, -0.1) is 0 Å². The fraction of sp³-hybridized carbons (Fsp3) is 0.632. The smallest absolute Gasteiger partial charge is 0.308 e. The Hall–Kier alpha value is -1.71. The molecule has 0 amide bonds. The molecule has 0 aliphatic rings. The Morgan fingerprint density at radius 3 is 2.22 bits per heavy atom. The highest BCUT2D eigenvalue weighted by Gasteiger charge is 2.15. The molecule has 1 aromatic carbocycles. The molecule has 0 saturated heterocycles. The van der Waals surface area contributed by atoms with Crippen molar-refractivity contribution in [2.75, 3.05) is 7.11 Å². The third-order valence-electron chi connectivity index (χ3n) is 4.17. The van der Waals surface area contributed by atoms with Crippen molar-refractivity contribution in [3.05, 3.63) is 23.3 Å². The third kappa shape index (κ3) is 6.93. The minimum absolute atomic E-state index is 0.0784. The normalized spacial score (nSPS) is 10.7. The first-order valence-corrected chi connectivity index (χ1v) is 8.69. The number of aromatic hydroxyl groups is 1. The van der Waals surface area contributed by atoms with Crippen molar-refractivity contribution >= 4 is 5.97 Å². The Bertz CT molecular complexity index is 483. The molecule has 0 bridgehead atoms. The van der Waals surface area contributed by atoms with Gasteiger partial charge in [-0.3, -0.25) is 4.79 Å². The minimum atomic E-state index is -0.970. The number of methoxy groups -OCH3 is 1. The number of hydrogen-bond donors (Lipinski definition) is 2. The summed E-state index contributed by atoms with van der Waals surface area (Å²) in [5, 5.41) is 19.3. The number of benzene rings is 1. The standard InChI is InChI=1S/C19H30O4/c1-3-4-5-6-7-8-9-10-11-15-12-13-17(23-2)16(19(15)22)14-18(20)21/h12-13,22H,3-11,14H2,1-2H3,(H,20,21). The van der Waals surface area contributed by atoms with Crippen molar-refractivity contribution in [2.24, 2.45) is 0 Å². The molecule has 0 heterocycles. The van der Waals surface area contributed by atoms with Crippen molar-refractivity contribution in [3.63, 3.8) is 0 Å². The Labute approximate surface area is 139 Å². The van der Waals surface area contributed by atoms with Crippen LogP contribution in [0.25, 0.3) is 0 Å². The van der Waals surface area contributed by atoms with Crippen LogP contribution in [0.3, 0.4) is 0 Å².